The Balaban J connectivity index is 1.37. The predicted octanol–water partition coefficient (Wildman–Crippen LogP) is 4.06. The zero-order chi connectivity index (χ0) is 16.8. The maximum absolute atomic E-state index is 13.6. The van der Waals surface area contributed by atoms with Crippen LogP contribution in [0.4, 0.5) is 10.2 Å². The van der Waals surface area contributed by atoms with Crippen molar-refractivity contribution in [2.24, 2.45) is 5.92 Å². The molecule has 0 bridgehead atoms. The van der Waals surface area contributed by atoms with Crippen molar-refractivity contribution in [2.75, 3.05) is 37.2 Å². The van der Waals surface area contributed by atoms with Crippen LogP contribution < -0.4 is 5.32 Å². The monoisotopic (exact) mass is 345 g/mol. The summed E-state index contributed by atoms with van der Waals surface area (Å²) in [5.41, 5.74) is 1.04. The molecule has 1 aromatic heterocycles. The Morgan fingerprint density at radius 1 is 1.25 bits per heavy atom. The first kappa shape index (κ1) is 17.2. The van der Waals surface area contributed by atoms with Gasteiger partial charge in [0.1, 0.15) is 11.6 Å². The summed E-state index contributed by atoms with van der Waals surface area (Å²) < 4.78 is 13.6. The highest BCUT2D eigenvalue weighted by Gasteiger charge is 2.22. The fourth-order valence-electron chi connectivity index (χ4n) is 3.02. The van der Waals surface area contributed by atoms with Crippen LogP contribution in [0.1, 0.15) is 12.1 Å². The van der Waals surface area contributed by atoms with Crippen LogP contribution in [-0.4, -0.2) is 41.8 Å². The molecule has 2 heterocycles. The smallest absolute Gasteiger partial charge is 0.136 e. The van der Waals surface area contributed by atoms with E-state index in [0.717, 1.165) is 48.3 Å². The van der Waals surface area contributed by atoms with Crippen LogP contribution in [0.3, 0.4) is 0 Å². The minimum Gasteiger partial charge on any atom is -0.370 e. The lowest BCUT2D eigenvalue weighted by atomic mass is 10.1. The van der Waals surface area contributed by atoms with Crippen LogP contribution in [0.5, 0.6) is 0 Å². The van der Waals surface area contributed by atoms with Gasteiger partial charge < -0.3 is 10.2 Å². The summed E-state index contributed by atoms with van der Waals surface area (Å²) in [4.78, 5) is 7.71. The third kappa shape index (κ3) is 4.95. The summed E-state index contributed by atoms with van der Waals surface area (Å²) in [6.45, 7) is 6.23. The number of aromatic nitrogens is 1. The molecule has 0 aliphatic carbocycles. The van der Waals surface area contributed by atoms with E-state index in [1.807, 2.05) is 37.3 Å². The van der Waals surface area contributed by atoms with E-state index >= 15 is 0 Å². The zero-order valence-corrected chi connectivity index (χ0v) is 14.9. The fourth-order valence-corrected chi connectivity index (χ4v) is 3.97. The number of halogens is 1. The quantitative estimate of drug-likeness (QED) is 0.766. The van der Waals surface area contributed by atoms with Crippen LogP contribution >= 0.6 is 11.8 Å². The third-order valence-electron chi connectivity index (χ3n) is 4.33. The van der Waals surface area contributed by atoms with Crippen LogP contribution in [0.15, 0.2) is 47.4 Å². The Kier molecular flexibility index (Phi) is 6.10. The number of pyridine rings is 1. The maximum atomic E-state index is 13.6. The number of likely N-dealkylation sites (tertiary alicyclic amines) is 1. The number of nitrogens with zero attached hydrogens (tertiary/aromatic N) is 2. The largest absolute Gasteiger partial charge is 0.370 e. The minimum atomic E-state index is -0.114. The van der Waals surface area contributed by atoms with Gasteiger partial charge in [0, 0.05) is 36.0 Å². The van der Waals surface area contributed by atoms with Crippen molar-refractivity contribution in [3.63, 3.8) is 0 Å². The average Bonchev–Trinajstić information content (AvgIpc) is 3.03. The average molecular weight is 345 g/mol. The van der Waals surface area contributed by atoms with Gasteiger partial charge in [-0.15, -0.1) is 11.8 Å². The number of rotatable bonds is 7. The van der Waals surface area contributed by atoms with Crippen molar-refractivity contribution in [1.82, 2.24) is 9.88 Å². The molecule has 0 radical (unpaired) electrons. The van der Waals surface area contributed by atoms with Crippen LogP contribution in [0.2, 0.25) is 0 Å². The molecule has 3 nitrogen and oxygen atoms in total. The molecule has 0 saturated carbocycles. The van der Waals surface area contributed by atoms with Crippen LogP contribution in [0, 0.1) is 18.7 Å². The Hall–Kier alpha value is -1.59. The lowest BCUT2D eigenvalue weighted by Crippen LogP contribution is -2.25. The van der Waals surface area contributed by atoms with Crippen molar-refractivity contribution in [2.45, 2.75) is 18.2 Å². The van der Waals surface area contributed by atoms with E-state index in [1.165, 1.54) is 12.5 Å². The number of aryl methyl sites for hydroxylation is 1. The molecule has 1 aromatic carbocycles. The second kappa shape index (κ2) is 8.49. The summed E-state index contributed by atoms with van der Waals surface area (Å²) >= 11 is 1.60. The van der Waals surface area contributed by atoms with Gasteiger partial charge in [0.25, 0.3) is 0 Å². The number of benzene rings is 1. The van der Waals surface area contributed by atoms with E-state index in [-0.39, 0.29) is 5.82 Å². The topological polar surface area (TPSA) is 28.2 Å². The molecule has 0 spiro atoms. The van der Waals surface area contributed by atoms with E-state index in [4.69, 9.17) is 0 Å². The summed E-state index contributed by atoms with van der Waals surface area (Å²) in [6, 6.07) is 13.1. The van der Waals surface area contributed by atoms with E-state index in [0.29, 0.717) is 5.92 Å². The normalized spacial score (nSPS) is 18.0. The van der Waals surface area contributed by atoms with Gasteiger partial charge in [-0.05, 0) is 50.1 Å². The summed E-state index contributed by atoms with van der Waals surface area (Å²) in [7, 11) is 0. The first-order chi connectivity index (χ1) is 11.7. The Bertz CT molecular complexity index is 665. The first-order valence-electron chi connectivity index (χ1n) is 8.48. The summed E-state index contributed by atoms with van der Waals surface area (Å²) in [5.74, 6) is 2.44. The van der Waals surface area contributed by atoms with Crippen molar-refractivity contribution in [1.29, 1.82) is 0 Å². The molecule has 5 heteroatoms. The second-order valence-electron chi connectivity index (χ2n) is 6.28. The van der Waals surface area contributed by atoms with Gasteiger partial charge in [-0.3, -0.25) is 0 Å². The number of anilines is 1. The molecule has 1 unspecified atom stereocenters. The molecule has 2 aromatic rings. The van der Waals surface area contributed by atoms with Crippen molar-refractivity contribution >= 4 is 17.6 Å². The van der Waals surface area contributed by atoms with E-state index in [2.05, 4.69) is 15.2 Å². The van der Waals surface area contributed by atoms with Crippen molar-refractivity contribution in [3.05, 3.63) is 54.0 Å². The molecule has 128 valence electrons. The van der Waals surface area contributed by atoms with Crippen LogP contribution in [-0.2, 0) is 0 Å². The predicted molar refractivity (Wildman–Crippen MR) is 99.1 cm³/mol. The van der Waals surface area contributed by atoms with Gasteiger partial charge >= 0.3 is 0 Å². The van der Waals surface area contributed by atoms with E-state index < -0.39 is 0 Å². The summed E-state index contributed by atoms with van der Waals surface area (Å²) in [6.07, 6.45) is 1.21. The third-order valence-corrected chi connectivity index (χ3v) is 5.36. The first-order valence-corrected chi connectivity index (χ1v) is 9.46. The summed E-state index contributed by atoms with van der Waals surface area (Å²) in [5, 5.41) is 3.44. The molecular weight excluding hydrogens is 321 g/mol. The highest BCUT2D eigenvalue weighted by Crippen LogP contribution is 2.23. The number of thioether (sulfide) groups is 1. The van der Waals surface area contributed by atoms with Gasteiger partial charge in [-0.2, -0.15) is 0 Å². The molecular formula is C19H24FN3S. The lowest BCUT2D eigenvalue weighted by molar-refractivity contribution is 0.347. The minimum absolute atomic E-state index is 0.114. The van der Waals surface area contributed by atoms with E-state index in [1.54, 1.807) is 17.8 Å². The molecule has 1 aliphatic rings. The van der Waals surface area contributed by atoms with Gasteiger partial charge in [0.05, 0.1) is 0 Å². The molecule has 1 aliphatic heterocycles. The van der Waals surface area contributed by atoms with Gasteiger partial charge in [-0.1, -0.05) is 18.2 Å². The van der Waals surface area contributed by atoms with E-state index in [9.17, 15) is 4.39 Å². The van der Waals surface area contributed by atoms with Crippen molar-refractivity contribution in [3.8, 4) is 0 Å². The van der Waals surface area contributed by atoms with Gasteiger partial charge in [0.15, 0.2) is 0 Å². The zero-order valence-electron chi connectivity index (χ0n) is 14.0. The molecule has 1 atom stereocenters. The molecule has 3 rings (SSSR count). The highest BCUT2D eigenvalue weighted by molar-refractivity contribution is 7.99. The molecule has 0 amide bonds. The van der Waals surface area contributed by atoms with Gasteiger partial charge in [-0.25, -0.2) is 9.37 Å². The highest BCUT2D eigenvalue weighted by atomic mass is 32.2. The van der Waals surface area contributed by atoms with Crippen molar-refractivity contribution < 1.29 is 4.39 Å². The second-order valence-corrected chi connectivity index (χ2v) is 7.42. The maximum Gasteiger partial charge on any atom is 0.136 e. The molecule has 24 heavy (non-hydrogen) atoms. The number of nitrogens with one attached hydrogen (secondary N) is 1. The SMILES string of the molecule is Cc1cccc(NCC2CCN(CCSc3ccccc3F)C2)n1. The lowest BCUT2D eigenvalue weighted by Gasteiger charge is -2.16. The molecule has 1 fully saturated rings. The Labute approximate surface area is 147 Å². The number of hydrogen-bond acceptors (Lipinski definition) is 4. The van der Waals surface area contributed by atoms with Gasteiger partial charge in [0.2, 0.25) is 0 Å². The Morgan fingerprint density at radius 3 is 2.96 bits per heavy atom. The number of hydrogen-bond donors (Lipinski definition) is 1. The van der Waals surface area contributed by atoms with Crippen LogP contribution in [0.25, 0.3) is 0 Å². The Morgan fingerprint density at radius 2 is 2.12 bits per heavy atom. The molecule has 1 saturated heterocycles. The molecule has 1 N–H and O–H groups in total. The standard InChI is InChI=1S/C19H24FN3S/c1-15-5-4-8-19(22-15)21-13-16-9-10-23(14-16)11-12-24-18-7-3-2-6-17(18)20/h2-8,16H,9-14H2,1H3,(H,21,22). The fraction of sp³-hybridized carbons (Fsp3) is 0.421.